The molecule has 0 fully saturated rings. The lowest BCUT2D eigenvalue weighted by Gasteiger charge is -2.07. The molecule has 4 aromatic rings. The summed E-state index contributed by atoms with van der Waals surface area (Å²) >= 11 is -1.40. The Hall–Kier alpha value is -2.95. The van der Waals surface area contributed by atoms with Gasteiger partial charge in [-0.15, -0.1) is 0 Å². The molecule has 0 aliphatic heterocycles. The summed E-state index contributed by atoms with van der Waals surface area (Å²) < 4.78 is 19.8. The van der Waals surface area contributed by atoms with Gasteiger partial charge in [0.25, 0.3) is 0 Å². The van der Waals surface area contributed by atoms with Gasteiger partial charge in [0.15, 0.2) is 11.1 Å². The largest absolute Gasteiger partial charge is 0.347 e. The summed E-state index contributed by atoms with van der Waals surface area (Å²) in [5, 5.41) is 1.23. The van der Waals surface area contributed by atoms with Crippen molar-refractivity contribution >= 4 is 34.1 Å². The maximum Gasteiger partial charge on any atom is 0.189 e. The maximum atomic E-state index is 12.1. The number of hydrogen-bond acceptors (Lipinski definition) is 2. The zero-order valence-electron chi connectivity index (χ0n) is 16.1. The average Bonchev–Trinajstić information content (AvgIpc) is 3.20. The molecule has 0 amide bonds. The van der Waals surface area contributed by atoms with Gasteiger partial charge in [-0.25, -0.2) is 4.21 Å². The quantitative estimate of drug-likeness (QED) is 0.270. The first-order valence-electron chi connectivity index (χ1n) is 9.72. The minimum atomic E-state index is -1.40. The van der Waals surface area contributed by atoms with Gasteiger partial charge in [-0.2, -0.15) is 0 Å². The molecule has 1 atom stereocenters. The summed E-state index contributed by atoms with van der Waals surface area (Å²) in [5.41, 5.74) is 3.59. The molecule has 3 nitrogen and oxygen atoms in total. The first-order chi connectivity index (χ1) is 14.3. The predicted octanol–water partition coefficient (Wildman–Crippen LogP) is 5.94. The number of benzene rings is 3. The van der Waals surface area contributed by atoms with E-state index in [0.29, 0.717) is 11.5 Å². The number of aromatic nitrogens is 1. The third-order valence-electron chi connectivity index (χ3n) is 4.77. The first kappa shape index (κ1) is 19.4. The van der Waals surface area contributed by atoms with Crippen molar-refractivity contribution in [1.82, 2.24) is 4.57 Å². The highest BCUT2D eigenvalue weighted by atomic mass is 32.2. The van der Waals surface area contributed by atoms with Crippen LogP contribution in [0, 0.1) is 0 Å². The van der Waals surface area contributed by atoms with Gasteiger partial charge in [0.05, 0.1) is 11.5 Å². The molecule has 29 heavy (non-hydrogen) atoms. The molecule has 0 saturated carbocycles. The molecule has 0 spiro atoms. The van der Waals surface area contributed by atoms with E-state index in [-0.39, 0.29) is 0 Å². The van der Waals surface area contributed by atoms with Crippen molar-refractivity contribution in [3.8, 4) is 0 Å². The van der Waals surface area contributed by atoms with Crippen molar-refractivity contribution in [2.75, 3.05) is 6.61 Å². The van der Waals surface area contributed by atoms with Crippen molar-refractivity contribution in [3.05, 3.63) is 102 Å². The second kappa shape index (κ2) is 9.50. The SMILES string of the molecule is O=S(OCCCn1ccc2c(/C=C/c3ccccc3)cccc21)c1ccccc1. The Morgan fingerprint density at radius 1 is 0.828 bits per heavy atom. The lowest BCUT2D eigenvalue weighted by atomic mass is 10.1. The molecule has 1 aromatic heterocycles. The monoisotopic (exact) mass is 401 g/mol. The molecule has 4 heteroatoms. The fourth-order valence-corrected chi connectivity index (χ4v) is 4.09. The molecular formula is C25H23NO2S. The summed E-state index contributed by atoms with van der Waals surface area (Å²) in [6.07, 6.45) is 7.21. The van der Waals surface area contributed by atoms with Gasteiger partial charge in [-0.3, -0.25) is 4.18 Å². The van der Waals surface area contributed by atoms with Crippen LogP contribution in [-0.4, -0.2) is 15.4 Å². The molecule has 1 heterocycles. The standard InChI is InChI=1S/C25H23NO2S/c27-29(23-12-5-2-6-13-23)28-20-8-18-26-19-17-24-22(11-7-14-25(24)26)16-15-21-9-3-1-4-10-21/h1-7,9-17,19H,8,18,20H2/b16-15+. The van der Waals surface area contributed by atoms with Gasteiger partial charge in [-0.05, 0) is 41.8 Å². The third kappa shape index (κ3) is 4.91. The fraction of sp³-hybridized carbons (Fsp3) is 0.120. The molecule has 0 aliphatic rings. The van der Waals surface area contributed by atoms with E-state index in [0.717, 1.165) is 13.0 Å². The smallest absolute Gasteiger partial charge is 0.189 e. The van der Waals surface area contributed by atoms with Gasteiger partial charge < -0.3 is 4.57 Å². The van der Waals surface area contributed by atoms with Crippen molar-refractivity contribution in [1.29, 1.82) is 0 Å². The zero-order chi connectivity index (χ0) is 19.9. The predicted molar refractivity (Wildman–Crippen MR) is 121 cm³/mol. The first-order valence-corrected chi connectivity index (χ1v) is 10.8. The Morgan fingerprint density at radius 3 is 2.38 bits per heavy atom. The van der Waals surface area contributed by atoms with E-state index in [9.17, 15) is 4.21 Å². The van der Waals surface area contributed by atoms with E-state index < -0.39 is 11.1 Å². The van der Waals surface area contributed by atoms with Crippen molar-refractivity contribution in [2.45, 2.75) is 17.9 Å². The van der Waals surface area contributed by atoms with E-state index in [2.05, 4.69) is 59.3 Å². The lowest BCUT2D eigenvalue weighted by molar-refractivity contribution is 0.330. The van der Waals surface area contributed by atoms with Crippen LogP contribution >= 0.6 is 0 Å². The van der Waals surface area contributed by atoms with Crippen LogP contribution in [0.15, 0.2) is 96.0 Å². The summed E-state index contributed by atoms with van der Waals surface area (Å²) in [5.74, 6) is 0. The van der Waals surface area contributed by atoms with Crippen molar-refractivity contribution in [3.63, 3.8) is 0 Å². The Morgan fingerprint density at radius 2 is 1.59 bits per heavy atom. The number of nitrogens with zero attached hydrogens (tertiary/aromatic N) is 1. The van der Waals surface area contributed by atoms with Crippen LogP contribution in [0.25, 0.3) is 23.1 Å². The van der Waals surface area contributed by atoms with Crippen LogP contribution < -0.4 is 0 Å². The Balaban J connectivity index is 1.39. The molecule has 0 N–H and O–H groups in total. The van der Waals surface area contributed by atoms with Crippen molar-refractivity contribution < 1.29 is 8.39 Å². The van der Waals surface area contributed by atoms with E-state index >= 15 is 0 Å². The molecule has 0 bridgehead atoms. The second-order valence-electron chi connectivity index (χ2n) is 6.76. The second-order valence-corrected chi connectivity index (χ2v) is 7.93. The molecule has 0 saturated heterocycles. The minimum absolute atomic E-state index is 0.453. The third-order valence-corrected chi connectivity index (χ3v) is 5.81. The van der Waals surface area contributed by atoms with Gasteiger partial charge in [0.1, 0.15) is 0 Å². The zero-order valence-corrected chi connectivity index (χ0v) is 16.9. The normalized spacial score (nSPS) is 12.6. The van der Waals surface area contributed by atoms with Crippen LogP contribution in [0.5, 0.6) is 0 Å². The Labute approximate surface area is 173 Å². The molecule has 146 valence electrons. The molecule has 4 rings (SSSR count). The summed E-state index contributed by atoms with van der Waals surface area (Å²) in [6.45, 7) is 1.27. The van der Waals surface area contributed by atoms with E-state index in [1.165, 1.54) is 22.0 Å². The van der Waals surface area contributed by atoms with Gasteiger partial charge >= 0.3 is 0 Å². The number of hydrogen-bond donors (Lipinski definition) is 0. The van der Waals surface area contributed by atoms with E-state index in [1.54, 1.807) is 0 Å². The maximum absolute atomic E-state index is 12.1. The number of aryl methyl sites for hydroxylation is 1. The van der Waals surface area contributed by atoms with Gasteiger partial charge in [-0.1, -0.05) is 72.8 Å². The topological polar surface area (TPSA) is 31.2 Å². The Kier molecular flexibility index (Phi) is 6.35. The molecule has 1 unspecified atom stereocenters. The summed E-state index contributed by atoms with van der Waals surface area (Å²) in [4.78, 5) is 0.703. The van der Waals surface area contributed by atoms with Gasteiger partial charge in [0, 0.05) is 23.6 Å². The highest BCUT2D eigenvalue weighted by Gasteiger charge is 2.06. The van der Waals surface area contributed by atoms with E-state index in [4.69, 9.17) is 4.18 Å². The van der Waals surface area contributed by atoms with Crippen molar-refractivity contribution in [2.24, 2.45) is 0 Å². The number of fused-ring (bicyclic) bond motifs is 1. The molecule has 0 aliphatic carbocycles. The van der Waals surface area contributed by atoms with Crippen LogP contribution in [0.1, 0.15) is 17.5 Å². The number of rotatable bonds is 8. The average molecular weight is 402 g/mol. The molecular weight excluding hydrogens is 378 g/mol. The summed E-state index contributed by atoms with van der Waals surface area (Å²) in [7, 11) is 0. The van der Waals surface area contributed by atoms with Crippen LogP contribution in [0.4, 0.5) is 0 Å². The fourth-order valence-electron chi connectivity index (χ4n) is 3.31. The van der Waals surface area contributed by atoms with E-state index in [1.807, 2.05) is 48.5 Å². The van der Waals surface area contributed by atoms with Crippen LogP contribution in [0.2, 0.25) is 0 Å². The Bertz CT molecular complexity index is 1120. The van der Waals surface area contributed by atoms with Crippen LogP contribution in [-0.2, 0) is 21.8 Å². The minimum Gasteiger partial charge on any atom is -0.347 e. The van der Waals surface area contributed by atoms with Crippen LogP contribution in [0.3, 0.4) is 0 Å². The molecule has 0 radical (unpaired) electrons. The van der Waals surface area contributed by atoms with Gasteiger partial charge in [0.2, 0.25) is 0 Å². The molecule has 3 aromatic carbocycles. The lowest BCUT2D eigenvalue weighted by Crippen LogP contribution is -2.04. The highest BCUT2D eigenvalue weighted by molar-refractivity contribution is 7.80. The highest BCUT2D eigenvalue weighted by Crippen LogP contribution is 2.22. The summed E-state index contributed by atoms with van der Waals surface area (Å²) in [6, 6.07) is 28.1.